The number of hydrogen-bond acceptors (Lipinski definition) is 4. The predicted molar refractivity (Wildman–Crippen MR) is 92.3 cm³/mol. The molecule has 0 aliphatic carbocycles. The van der Waals surface area contributed by atoms with Crippen molar-refractivity contribution in [3.63, 3.8) is 0 Å². The van der Waals surface area contributed by atoms with Gasteiger partial charge in [0.15, 0.2) is 5.78 Å². The largest absolute Gasteiger partial charge is 0.353 e. The number of carbonyl (C=O) groups is 3. The quantitative estimate of drug-likeness (QED) is 0.866. The summed E-state index contributed by atoms with van der Waals surface area (Å²) >= 11 is 1.26. The van der Waals surface area contributed by atoms with Gasteiger partial charge in [0.25, 0.3) is 5.91 Å². The molecule has 2 heterocycles. The zero-order valence-electron chi connectivity index (χ0n) is 13.3. The second-order valence-electron chi connectivity index (χ2n) is 5.75. The lowest BCUT2D eigenvalue weighted by atomic mass is 10.0. The van der Waals surface area contributed by atoms with Crippen LogP contribution in [0.4, 0.5) is 0 Å². The van der Waals surface area contributed by atoms with E-state index in [1.165, 1.54) is 18.3 Å². The van der Waals surface area contributed by atoms with Gasteiger partial charge < -0.3 is 10.2 Å². The van der Waals surface area contributed by atoms with Crippen molar-refractivity contribution in [1.82, 2.24) is 10.2 Å². The van der Waals surface area contributed by atoms with Crippen molar-refractivity contribution in [3.05, 3.63) is 57.8 Å². The summed E-state index contributed by atoms with van der Waals surface area (Å²) in [6.45, 7) is 2.39. The van der Waals surface area contributed by atoms with Gasteiger partial charge in [-0.25, -0.2) is 0 Å². The lowest BCUT2D eigenvalue weighted by Gasteiger charge is -2.35. The van der Waals surface area contributed by atoms with E-state index in [-0.39, 0.29) is 17.6 Å². The first kappa shape index (κ1) is 16.4. The summed E-state index contributed by atoms with van der Waals surface area (Å²) in [5, 5.41) is 4.51. The van der Waals surface area contributed by atoms with Gasteiger partial charge in [0.2, 0.25) is 5.91 Å². The summed E-state index contributed by atoms with van der Waals surface area (Å²) in [4.78, 5) is 38.7. The van der Waals surface area contributed by atoms with E-state index in [9.17, 15) is 14.4 Å². The summed E-state index contributed by atoms with van der Waals surface area (Å²) in [5.74, 6) is -0.397. The third-order valence-corrected chi connectivity index (χ3v) is 5.09. The molecule has 0 radical (unpaired) electrons. The van der Waals surface area contributed by atoms with Gasteiger partial charge in [0, 0.05) is 24.9 Å². The zero-order chi connectivity index (χ0) is 17.1. The van der Waals surface area contributed by atoms with Crippen LogP contribution in [-0.4, -0.2) is 41.6 Å². The first-order chi connectivity index (χ1) is 11.6. The maximum atomic E-state index is 12.8. The first-order valence-corrected chi connectivity index (χ1v) is 8.66. The molecule has 2 amide bonds. The van der Waals surface area contributed by atoms with Gasteiger partial charge in [-0.1, -0.05) is 30.3 Å². The average molecular weight is 342 g/mol. The van der Waals surface area contributed by atoms with Crippen LogP contribution >= 0.6 is 11.3 Å². The summed E-state index contributed by atoms with van der Waals surface area (Å²) in [5.41, 5.74) is 1.48. The zero-order valence-corrected chi connectivity index (χ0v) is 14.1. The molecule has 6 heteroatoms. The highest BCUT2D eigenvalue weighted by molar-refractivity contribution is 7.12. The molecule has 24 heavy (non-hydrogen) atoms. The van der Waals surface area contributed by atoms with Crippen LogP contribution in [0.25, 0.3) is 0 Å². The smallest absolute Gasteiger partial charge is 0.255 e. The SMILES string of the molecule is CC(=O)c1cc(C(=O)N2CCNC(=O)[C@H]2Cc2ccccc2)cs1. The highest BCUT2D eigenvalue weighted by Crippen LogP contribution is 2.20. The third-order valence-electron chi connectivity index (χ3n) is 4.06. The van der Waals surface area contributed by atoms with Crippen LogP contribution in [0.15, 0.2) is 41.8 Å². The van der Waals surface area contributed by atoms with Gasteiger partial charge in [0.05, 0.1) is 10.4 Å². The molecule has 1 aliphatic rings. The number of nitrogens with zero attached hydrogens (tertiary/aromatic N) is 1. The number of rotatable bonds is 4. The first-order valence-electron chi connectivity index (χ1n) is 7.78. The normalized spacial score (nSPS) is 17.5. The number of ketones is 1. The number of hydrogen-bond donors (Lipinski definition) is 1. The minimum absolute atomic E-state index is 0.0590. The molecular formula is C18H18N2O3S. The minimum atomic E-state index is -0.533. The van der Waals surface area contributed by atoms with Crippen molar-refractivity contribution in [2.24, 2.45) is 0 Å². The van der Waals surface area contributed by atoms with E-state index >= 15 is 0 Å². The molecule has 0 unspecified atom stereocenters. The highest BCUT2D eigenvalue weighted by Gasteiger charge is 2.33. The Bertz CT molecular complexity index is 770. The molecule has 1 fully saturated rings. The van der Waals surface area contributed by atoms with Crippen molar-refractivity contribution in [2.45, 2.75) is 19.4 Å². The molecule has 2 aromatic rings. The van der Waals surface area contributed by atoms with Crippen LogP contribution < -0.4 is 5.32 Å². The summed E-state index contributed by atoms with van der Waals surface area (Å²) in [7, 11) is 0. The van der Waals surface area contributed by atoms with Gasteiger partial charge in [-0.3, -0.25) is 14.4 Å². The maximum absolute atomic E-state index is 12.8. The van der Waals surface area contributed by atoms with Crippen molar-refractivity contribution in [3.8, 4) is 0 Å². The fourth-order valence-corrected chi connectivity index (χ4v) is 3.58. The lowest BCUT2D eigenvalue weighted by molar-refractivity contribution is -0.127. The molecular weight excluding hydrogens is 324 g/mol. The number of Topliss-reactive ketones (excluding diaryl/α,β-unsaturated/α-hetero) is 1. The van der Waals surface area contributed by atoms with Gasteiger partial charge in [-0.05, 0) is 18.6 Å². The molecule has 1 N–H and O–H groups in total. The van der Waals surface area contributed by atoms with E-state index in [2.05, 4.69) is 5.32 Å². The molecule has 1 aromatic heterocycles. The van der Waals surface area contributed by atoms with Crippen molar-refractivity contribution in [2.75, 3.05) is 13.1 Å². The summed E-state index contributed by atoms with van der Waals surface area (Å²) < 4.78 is 0. The Hall–Kier alpha value is -2.47. The monoisotopic (exact) mass is 342 g/mol. The molecule has 3 rings (SSSR count). The molecule has 124 valence electrons. The Morgan fingerprint density at radius 2 is 2.04 bits per heavy atom. The topological polar surface area (TPSA) is 66.5 Å². The molecule has 1 saturated heterocycles. The Kier molecular flexibility index (Phi) is 4.76. The minimum Gasteiger partial charge on any atom is -0.353 e. The standard InChI is InChI=1S/C18H18N2O3S/c1-12(21)16-10-14(11-24-16)18(23)20-8-7-19-17(22)15(20)9-13-5-3-2-4-6-13/h2-6,10-11,15H,7-9H2,1H3,(H,19,22)/t15-/m1/s1. The van der Waals surface area contributed by atoms with E-state index in [0.29, 0.717) is 30.0 Å². The molecule has 1 aliphatic heterocycles. The molecule has 0 bridgehead atoms. The fourth-order valence-electron chi connectivity index (χ4n) is 2.80. The maximum Gasteiger partial charge on any atom is 0.255 e. The molecule has 0 saturated carbocycles. The molecule has 5 nitrogen and oxygen atoms in total. The van der Waals surface area contributed by atoms with Crippen molar-refractivity contribution >= 4 is 28.9 Å². The van der Waals surface area contributed by atoms with Crippen LogP contribution in [0.1, 0.15) is 32.5 Å². The van der Waals surface area contributed by atoms with Crippen LogP contribution in [0.5, 0.6) is 0 Å². The van der Waals surface area contributed by atoms with Crippen LogP contribution in [0, 0.1) is 0 Å². The molecule has 1 atom stereocenters. The van der Waals surface area contributed by atoms with Crippen molar-refractivity contribution in [1.29, 1.82) is 0 Å². The predicted octanol–water partition coefficient (Wildman–Crippen LogP) is 2.13. The number of benzene rings is 1. The molecule has 0 spiro atoms. The Morgan fingerprint density at radius 3 is 2.71 bits per heavy atom. The van der Waals surface area contributed by atoms with Gasteiger partial charge in [-0.15, -0.1) is 11.3 Å². The van der Waals surface area contributed by atoms with E-state index < -0.39 is 6.04 Å². The Labute approximate surface area is 144 Å². The number of thiophene rings is 1. The van der Waals surface area contributed by atoms with Gasteiger partial charge in [0.1, 0.15) is 6.04 Å². The second-order valence-corrected chi connectivity index (χ2v) is 6.66. The summed E-state index contributed by atoms with van der Waals surface area (Å²) in [6, 6.07) is 10.7. The number of nitrogens with one attached hydrogen (secondary N) is 1. The third kappa shape index (κ3) is 3.38. The number of amides is 2. The lowest BCUT2D eigenvalue weighted by Crippen LogP contribution is -2.58. The van der Waals surface area contributed by atoms with Crippen LogP contribution in [-0.2, 0) is 11.2 Å². The van der Waals surface area contributed by atoms with Crippen LogP contribution in [0.3, 0.4) is 0 Å². The number of carbonyl (C=O) groups excluding carboxylic acids is 3. The van der Waals surface area contributed by atoms with Crippen LogP contribution in [0.2, 0.25) is 0 Å². The highest BCUT2D eigenvalue weighted by atomic mass is 32.1. The van der Waals surface area contributed by atoms with Gasteiger partial charge >= 0.3 is 0 Å². The van der Waals surface area contributed by atoms with E-state index in [1.807, 2.05) is 30.3 Å². The van der Waals surface area contributed by atoms with E-state index in [1.54, 1.807) is 16.3 Å². The van der Waals surface area contributed by atoms with Crippen molar-refractivity contribution < 1.29 is 14.4 Å². The Morgan fingerprint density at radius 1 is 1.29 bits per heavy atom. The fraction of sp³-hybridized carbons (Fsp3) is 0.278. The average Bonchev–Trinajstić information content (AvgIpc) is 3.07. The molecule has 1 aromatic carbocycles. The number of piperazine rings is 1. The summed E-state index contributed by atoms with van der Waals surface area (Å²) in [6.07, 6.45) is 0.474. The second kappa shape index (κ2) is 6.97. The van der Waals surface area contributed by atoms with Gasteiger partial charge in [-0.2, -0.15) is 0 Å². The van der Waals surface area contributed by atoms with E-state index in [4.69, 9.17) is 0 Å². The van der Waals surface area contributed by atoms with E-state index in [0.717, 1.165) is 5.56 Å². The Balaban J connectivity index is 1.83.